The molecule has 0 aromatic heterocycles. The Balaban J connectivity index is 5.19. The highest BCUT2D eigenvalue weighted by Gasteiger charge is 2.38. The van der Waals surface area contributed by atoms with Crippen molar-refractivity contribution in [3.63, 3.8) is 0 Å². The molecule has 0 atom stereocenters. The van der Waals surface area contributed by atoms with Crippen molar-refractivity contribution >= 4 is 10.3 Å². The van der Waals surface area contributed by atoms with Gasteiger partial charge in [0.1, 0.15) is 0 Å². The predicted molar refractivity (Wildman–Crippen MR) is 80.6 cm³/mol. The molecule has 0 saturated heterocycles. The Bertz CT molecular complexity index is 306. The largest absolute Gasteiger partial charge is 0.336 e. The molecule has 0 aliphatic carbocycles. The van der Waals surface area contributed by atoms with Gasteiger partial charge in [0.05, 0.1) is 0 Å². The van der Waals surface area contributed by atoms with Gasteiger partial charge in [0.15, 0.2) is 0 Å². The summed E-state index contributed by atoms with van der Waals surface area (Å²) in [6.45, 7) is 6.33. The Morgan fingerprint density at radius 2 is 1.21 bits per heavy atom. The van der Waals surface area contributed by atoms with E-state index in [9.17, 15) is 13.0 Å². The summed E-state index contributed by atoms with van der Waals surface area (Å²) in [7, 11) is -2.59. The van der Waals surface area contributed by atoms with E-state index in [-0.39, 0.29) is 0 Å². The van der Waals surface area contributed by atoms with E-state index >= 15 is 0 Å². The number of hydrogen-bond acceptors (Lipinski definition) is 2. The van der Waals surface area contributed by atoms with Gasteiger partial charge in [-0.2, -0.15) is 12.7 Å². The average molecular weight is 293 g/mol. The highest BCUT2D eigenvalue weighted by Crippen LogP contribution is 2.34. The quantitative estimate of drug-likeness (QED) is 0.585. The molecule has 0 aromatic rings. The van der Waals surface area contributed by atoms with Gasteiger partial charge in [-0.3, -0.25) is 4.55 Å². The molecule has 0 aliphatic heterocycles. The Morgan fingerprint density at radius 3 is 1.42 bits per heavy atom. The number of nitrogens with zero attached hydrogens (tertiary/aromatic N) is 1. The van der Waals surface area contributed by atoms with Gasteiger partial charge in [0.2, 0.25) is 0 Å². The molecule has 1 N–H and O–H groups in total. The lowest BCUT2D eigenvalue weighted by atomic mass is 9.82. The molecule has 0 aliphatic rings. The first-order chi connectivity index (χ1) is 8.84. The maximum atomic E-state index is 11.5. The van der Waals surface area contributed by atoms with Crippen molar-refractivity contribution < 1.29 is 13.0 Å². The topological polar surface area (TPSA) is 57.6 Å². The van der Waals surface area contributed by atoms with Crippen molar-refractivity contribution in [3.05, 3.63) is 0 Å². The number of unbranched alkanes of at least 4 members (excludes halogenated alkanes) is 3. The van der Waals surface area contributed by atoms with E-state index in [2.05, 4.69) is 20.8 Å². The smallest absolute Gasteiger partial charge is 0.273 e. The Morgan fingerprint density at radius 1 is 0.895 bits per heavy atom. The molecule has 0 unspecified atom stereocenters. The molecule has 116 valence electrons. The summed E-state index contributed by atoms with van der Waals surface area (Å²) in [6.07, 6.45) is 8.60. The van der Waals surface area contributed by atoms with Crippen LogP contribution in [0.15, 0.2) is 0 Å². The minimum absolute atomic E-state index is 0.407. The highest BCUT2D eigenvalue weighted by molar-refractivity contribution is 7.83. The summed E-state index contributed by atoms with van der Waals surface area (Å²) in [4.78, 5) is 0. The summed E-state index contributed by atoms with van der Waals surface area (Å²) < 4.78 is 33.7. The van der Waals surface area contributed by atoms with Crippen LogP contribution in [0.25, 0.3) is 0 Å². The number of hydrogen-bond donors (Lipinski definition) is 1. The van der Waals surface area contributed by atoms with E-state index in [4.69, 9.17) is 0 Å². The third-order valence-corrected chi connectivity index (χ3v) is 5.08. The van der Waals surface area contributed by atoms with Gasteiger partial charge in [-0.25, -0.2) is 0 Å². The van der Waals surface area contributed by atoms with Gasteiger partial charge >= 0.3 is 10.3 Å². The van der Waals surface area contributed by atoms with Crippen molar-refractivity contribution in [2.24, 2.45) is 0 Å². The molecule has 0 spiro atoms. The van der Waals surface area contributed by atoms with Crippen LogP contribution in [0.3, 0.4) is 0 Å². The van der Waals surface area contributed by atoms with E-state index in [1.807, 2.05) is 0 Å². The summed E-state index contributed by atoms with van der Waals surface area (Å²) >= 11 is 0. The SMILES string of the molecule is CCCCC(CCCC)(CCCC)N(C)S(=O)(=O)O. The Labute approximate surface area is 119 Å². The van der Waals surface area contributed by atoms with Crippen LogP contribution >= 0.6 is 0 Å². The molecule has 0 saturated carbocycles. The van der Waals surface area contributed by atoms with Crippen LogP contribution in [0.2, 0.25) is 0 Å². The number of rotatable bonds is 11. The molecular formula is C14H31NO3S. The van der Waals surface area contributed by atoms with E-state index in [1.165, 1.54) is 11.4 Å². The molecule has 5 heteroatoms. The van der Waals surface area contributed by atoms with E-state index in [0.29, 0.717) is 0 Å². The van der Waals surface area contributed by atoms with Crippen LogP contribution in [0.5, 0.6) is 0 Å². The fourth-order valence-corrected chi connectivity index (χ4v) is 3.37. The monoisotopic (exact) mass is 293 g/mol. The molecule has 19 heavy (non-hydrogen) atoms. The molecule has 0 aromatic carbocycles. The second-order valence-corrected chi connectivity index (χ2v) is 6.92. The third-order valence-electron chi connectivity index (χ3n) is 4.00. The van der Waals surface area contributed by atoms with Crippen LogP contribution in [0, 0.1) is 0 Å². The second-order valence-electron chi connectivity index (χ2n) is 5.48. The van der Waals surface area contributed by atoms with Crippen LogP contribution in [0.1, 0.15) is 78.6 Å². The summed E-state index contributed by atoms with van der Waals surface area (Å²) in [5.41, 5.74) is -0.407. The predicted octanol–water partition coefficient (Wildman–Crippen LogP) is 4.03. The minimum atomic E-state index is -4.12. The molecule has 4 nitrogen and oxygen atoms in total. The van der Waals surface area contributed by atoms with Crippen molar-refractivity contribution in [2.45, 2.75) is 84.1 Å². The first kappa shape index (κ1) is 18.9. The Kier molecular flexibility index (Phi) is 8.86. The van der Waals surface area contributed by atoms with Gasteiger partial charge in [-0.15, -0.1) is 0 Å². The fraction of sp³-hybridized carbons (Fsp3) is 1.00. The summed E-state index contributed by atoms with van der Waals surface area (Å²) in [5, 5.41) is 0. The fourth-order valence-electron chi connectivity index (χ4n) is 2.61. The molecule has 0 bridgehead atoms. The lowest BCUT2D eigenvalue weighted by Gasteiger charge is -2.40. The summed E-state index contributed by atoms with van der Waals surface area (Å²) in [6, 6.07) is 0. The zero-order valence-corrected chi connectivity index (χ0v) is 13.8. The van der Waals surface area contributed by atoms with Crippen molar-refractivity contribution in [3.8, 4) is 0 Å². The van der Waals surface area contributed by atoms with Crippen LogP contribution in [0.4, 0.5) is 0 Å². The van der Waals surface area contributed by atoms with Crippen LogP contribution in [-0.4, -0.2) is 29.9 Å². The van der Waals surface area contributed by atoms with Gasteiger partial charge in [0.25, 0.3) is 0 Å². The first-order valence-electron chi connectivity index (χ1n) is 7.55. The molecule has 0 fully saturated rings. The zero-order chi connectivity index (χ0) is 14.9. The third kappa shape index (κ3) is 6.23. The standard InChI is InChI=1S/C14H31NO3S/c1-5-8-11-14(12-9-6-2,13-10-7-3)15(4)19(16,17)18/h5-13H2,1-4H3,(H,16,17,18). The van der Waals surface area contributed by atoms with Crippen molar-refractivity contribution in [2.75, 3.05) is 7.05 Å². The summed E-state index contributed by atoms with van der Waals surface area (Å²) in [5.74, 6) is 0. The first-order valence-corrected chi connectivity index (χ1v) is 8.95. The highest BCUT2D eigenvalue weighted by atomic mass is 32.2. The van der Waals surface area contributed by atoms with E-state index < -0.39 is 15.8 Å². The lowest BCUT2D eigenvalue weighted by molar-refractivity contribution is 0.146. The van der Waals surface area contributed by atoms with Gasteiger partial charge in [0, 0.05) is 12.6 Å². The van der Waals surface area contributed by atoms with Crippen LogP contribution in [-0.2, 0) is 10.3 Å². The van der Waals surface area contributed by atoms with Crippen LogP contribution < -0.4 is 0 Å². The van der Waals surface area contributed by atoms with Crippen molar-refractivity contribution in [1.29, 1.82) is 0 Å². The molecule has 0 radical (unpaired) electrons. The maximum absolute atomic E-state index is 11.5. The van der Waals surface area contributed by atoms with Crippen molar-refractivity contribution in [1.82, 2.24) is 4.31 Å². The average Bonchev–Trinajstić information content (AvgIpc) is 2.36. The molecule has 0 heterocycles. The molecular weight excluding hydrogens is 262 g/mol. The second kappa shape index (κ2) is 8.93. The minimum Gasteiger partial charge on any atom is -0.273 e. The van der Waals surface area contributed by atoms with E-state index in [0.717, 1.165) is 57.8 Å². The van der Waals surface area contributed by atoms with Gasteiger partial charge < -0.3 is 0 Å². The molecule has 0 rings (SSSR count). The lowest BCUT2D eigenvalue weighted by Crippen LogP contribution is -2.49. The zero-order valence-electron chi connectivity index (χ0n) is 13.0. The normalized spacial score (nSPS) is 13.2. The van der Waals surface area contributed by atoms with E-state index in [1.54, 1.807) is 0 Å². The maximum Gasteiger partial charge on any atom is 0.336 e. The van der Waals surface area contributed by atoms with Gasteiger partial charge in [-0.05, 0) is 19.3 Å². The molecule has 0 amide bonds. The van der Waals surface area contributed by atoms with Gasteiger partial charge in [-0.1, -0.05) is 59.3 Å². The Hall–Kier alpha value is -0.130.